The highest BCUT2D eigenvalue weighted by Gasteiger charge is 2.14. The Morgan fingerprint density at radius 2 is 2.11 bits per heavy atom. The lowest BCUT2D eigenvalue weighted by molar-refractivity contribution is 0.0534. The van der Waals surface area contributed by atoms with Crippen molar-refractivity contribution in [1.29, 1.82) is 0 Å². The Morgan fingerprint density at radius 1 is 1.42 bits per heavy atom. The van der Waals surface area contributed by atoms with Crippen LogP contribution in [0.5, 0.6) is 0 Å². The molecule has 0 aromatic heterocycles. The van der Waals surface area contributed by atoms with E-state index in [1.54, 1.807) is 0 Å². The molecule has 0 saturated carbocycles. The van der Waals surface area contributed by atoms with Gasteiger partial charge in [-0.25, -0.2) is 4.79 Å². The van der Waals surface area contributed by atoms with Gasteiger partial charge in [-0.15, -0.1) is 0 Å². The summed E-state index contributed by atoms with van der Waals surface area (Å²) in [7, 11) is 0. The number of carbonyl (C=O) groups is 1. The lowest BCUT2D eigenvalue weighted by Crippen LogP contribution is -2.32. The van der Waals surface area contributed by atoms with Crippen molar-refractivity contribution in [3.05, 3.63) is 40.4 Å². The highest BCUT2D eigenvalue weighted by atomic mass is 35.5. The van der Waals surface area contributed by atoms with Gasteiger partial charge in [0.1, 0.15) is 5.60 Å². The van der Waals surface area contributed by atoms with Crippen LogP contribution in [-0.2, 0) is 4.74 Å². The van der Waals surface area contributed by atoms with Gasteiger partial charge in [0.05, 0.1) is 0 Å². The topological polar surface area (TPSA) is 38.3 Å². The maximum atomic E-state index is 11.4. The lowest BCUT2D eigenvalue weighted by atomic mass is 10.1. The summed E-state index contributed by atoms with van der Waals surface area (Å²) in [4.78, 5) is 11.4. The highest BCUT2D eigenvalue weighted by Crippen LogP contribution is 2.16. The van der Waals surface area contributed by atoms with Crippen LogP contribution in [0.25, 0.3) is 6.08 Å². The third-order valence-corrected chi connectivity index (χ3v) is 2.53. The number of ether oxygens (including phenoxy) is 1. The van der Waals surface area contributed by atoms with E-state index < -0.39 is 11.7 Å². The Balaban J connectivity index is 2.44. The number of rotatable bonds is 3. The molecule has 1 N–H and O–H groups in total. The first kappa shape index (κ1) is 15.6. The zero-order chi connectivity index (χ0) is 14.5. The molecule has 0 radical (unpaired) electrons. The first-order chi connectivity index (χ1) is 8.78. The van der Waals surface area contributed by atoms with Crippen LogP contribution in [0.2, 0.25) is 5.02 Å². The fourth-order valence-corrected chi connectivity index (χ4v) is 1.70. The molecule has 0 aliphatic rings. The van der Waals surface area contributed by atoms with Crippen LogP contribution in [0, 0.1) is 6.92 Å². The van der Waals surface area contributed by atoms with Crippen LogP contribution < -0.4 is 5.32 Å². The smallest absolute Gasteiger partial charge is 0.407 e. The monoisotopic (exact) mass is 281 g/mol. The van der Waals surface area contributed by atoms with Crippen LogP contribution in [0.3, 0.4) is 0 Å². The minimum Gasteiger partial charge on any atom is -0.444 e. The molecule has 0 bridgehead atoms. The van der Waals surface area contributed by atoms with Crippen molar-refractivity contribution in [1.82, 2.24) is 5.32 Å². The van der Waals surface area contributed by atoms with E-state index in [-0.39, 0.29) is 0 Å². The second kappa shape index (κ2) is 6.62. The molecule has 4 heteroatoms. The quantitative estimate of drug-likeness (QED) is 0.902. The van der Waals surface area contributed by atoms with Gasteiger partial charge in [-0.2, -0.15) is 0 Å². The zero-order valence-electron chi connectivity index (χ0n) is 11.8. The fourth-order valence-electron chi connectivity index (χ4n) is 1.47. The number of benzene rings is 1. The lowest BCUT2D eigenvalue weighted by Gasteiger charge is -2.19. The minimum atomic E-state index is -0.472. The van der Waals surface area contributed by atoms with Crippen LogP contribution in [0.15, 0.2) is 24.3 Å². The van der Waals surface area contributed by atoms with Gasteiger partial charge in [0.15, 0.2) is 0 Å². The van der Waals surface area contributed by atoms with Gasteiger partial charge >= 0.3 is 6.09 Å². The van der Waals surface area contributed by atoms with Crippen molar-refractivity contribution in [3.8, 4) is 0 Å². The summed E-state index contributed by atoms with van der Waals surface area (Å²) in [5.41, 5.74) is 1.71. The molecule has 3 nitrogen and oxygen atoms in total. The number of hydrogen-bond acceptors (Lipinski definition) is 2. The molecule has 0 heterocycles. The largest absolute Gasteiger partial charge is 0.444 e. The summed E-state index contributed by atoms with van der Waals surface area (Å²) in [5.74, 6) is 0. The molecule has 0 spiro atoms. The summed E-state index contributed by atoms with van der Waals surface area (Å²) in [6.07, 6.45) is 3.41. The molecule has 104 valence electrons. The molecule has 1 rings (SSSR count). The number of hydrogen-bond donors (Lipinski definition) is 1. The molecule has 0 atom stereocenters. The molecule has 19 heavy (non-hydrogen) atoms. The second-order valence-corrected chi connectivity index (χ2v) is 5.72. The summed E-state index contributed by atoms with van der Waals surface area (Å²) in [6.45, 7) is 7.92. The van der Waals surface area contributed by atoms with Gasteiger partial charge in [0, 0.05) is 11.6 Å². The molecule has 1 aromatic rings. The van der Waals surface area contributed by atoms with E-state index in [4.69, 9.17) is 16.3 Å². The summed E-state index contributed by atoms with van der Waals surface area (Å²) < 4.78 is 5.13. The molecule has 0 aliphatic heterocycles. The van der Waals surface area contributed by atoms with E-state index in [1.807, 2.05) is 58.0 Å². The van der Waals surface area contributed by atoms with Crippen molar-refractivity contribution in [3.63, 3.8) is 0 Å². The van der Waals surface area contributed by atoms with Crippen LogP contribution in [0.4, 0.5) is 4.79 Å². The van der Waals surface area contributed by atoms with E-state index >= 15 is 0 Å². The molecular weight excluding hydrogens is 262 g/mol. The van der Waals surface area contributed by atoms with Gasteiger partial charge in [-0.05, 0) is 51.0 Å². The number of carbonyl (C=O) groups excluding carboxylic acids is 1. The van der Waals surface area contributed by atoms with Gasteiger partial charge in [-0.3, -0.25) is 0 Å². The maximum Gasteiger partial charge on any atom is 0.407 e. The van der Waals surface area contributed by atoms with Crippen LogP contribution in [0.1, 0.15) is 31.9 Å². The fraction of sp³-hybridized carbons (Fsp3) is 0.400. The number of nitrogens with one attached hydrogen (secondary N) is 1. The van der Waals surface area contributed by atoms with E-state index in [0.29, 0.717) is 6.54 Å². The highest BCUT2D eigenvalue weighted by molar-refractivity contribution is 6.30. The van der Waals surface area contributed by atoms with Gasteiger partial charge in [0.2, 0.25) is 0 Å². The van der Waals surface area contributed by atoms with Crippen LogP contribution >= 0.6 is 11.6 Å². The molecule has 1 aromatic carbocycles. The van der Waals surface area contributed by atoms with Crippen molar-refractivity contribution >= 4 is 23.8 Å². The van der Waals surface area contributed by atoms with Crippen molar-refractivity contribution in [2.24, 2.45) is 0 Å². The standard InChI is InChI=1S/C15H20ClNO2/c1-11-10-13(16)8-7-12(11)6-5-9-17-14(18)19-15(2,3)4/h5-8,10H,9H2,1-4H3,(H,17,18). The molecule has 1 amide bonds. The first-order valence-electron chi connectivity index (χ1n) is 6.17. The SMILES string of the molecule is Cc1cc(Cl)ccc1C=CCNC(=O)OC(C)(C)C. The van der Waals surface area contributed by atoms with Crippen molar-refractivity contribution in [2.45, 2.75) is 33.3 Å². The molecule has 0 aliphatic carbocycles. The predicted octanol–water partition coefficient (Wildman–Crippen LogP) is 4.19. The van der Waals surface area contributed by atoms with Gasteiger partial charge < -0.3 is 10.1 Å². The van der Waals surface area contributed by atoms with E-state index in [2.05, 4.69) is 5.32 Å². The Kier molecular flexibility index (Phi) is 5.43. The Bertz CT molecular complexity index is 476. The van der Waals surface area contributed by atoms with Gasteiger partial charge in [0.25, 0.3) is 0 Å². The molecule has 0 unspecified atom stereocenters. The van der Waals surface area contributed by atoms with Crippen LogP contribution in [-0.4, -0.2) is 18.2 Å². The number of amides is 1. The predicted molar refractivity (Wildman–Crippen MR) is 79.5 cm³/mol. The Hall–Kier alpha value is -1.48. The number of alkyl carbamates (subject to hydrolysis) is 1. The average molecular weight is 282 g/mol. The first-order valence-corrected chi connectivity index (χ1v) is 6.55. The third kappa shape index (κ3) is 6.30. The molecular formula is C15H20ClNO2. The van der Waals surface area contributed by atoms with Crippen molar-refractivity contribution < 1.29 is 9.53 Å². The molecule has 0 saturated heterocycles. The summed E-state index contributed by atoms with van der Waals surface area (Å²) in [6, 6.07) is 5.69. The second-order valence-electron chi connectivity index (χ2n) is 5.29. The minimum absolute atomic E-state index is 0.412. The Morgan fingerprint density at radius 3 is 2.68 bits per heavy atom. The van der Waals surface area contributed by atoms with E-state index in [1.165, 1.54) is 0 Å². The summed E-state index contributed by atoms with van der Waals surface area (Å²) in [5, 5.41) is 3.39. The normalized spacial score (nSPS) is 11.6. The Labute approximate surface area is 119 Å². The van der Waals surface area contributed by atoms with Crippen molar-refractivity contribution in [2.75, 3.05) is 6.54 Å². The number of halogens is 1. The maximum absolute atomic E-state index is 11.4. The van der Waals surface area contributed by atoms with Gasteiger partial charge in [-0.1, -0.05) is 29.8 Å². The number of aryl methyl sites for hydroxylation is 1. The average Bonchev–Trinajstić information content (AvgIpc) is 2.24. The third-order valence-electron chi connectivity index (χ3n) is 2.29. The summed E-state index contributed by atoms with van der Waals surface area (Å²) >= 11 is 5.88. The van der Waals surface area contributed by atoms with E-state index in [0.717, 1.165) is 16.1 Å². The zero-order valence-corrected chi connectivity index (χ0v) is 12.5. The molecule has 0 fully saturated rings. The van der Waals surface area contributed by atoms with E-state index in [9.17, 15) is 4.79 Å².